The van der Waals surface area contributed by atoms with Crippen LogP contribution in [0.15, 0.2) is 41.1 Å². The molecule has 1 aromatic heterocycles. The summed E-state index contributed by atoms with van der Waals surface area (Å²) in [6.45, 7) is 4.35. The fourth-order valence-electron chi connectivity index (χ4n) is 3.40. The normalized spacial score (nSPS) is 21.5. The predicted molar refractivity (Wildman–Crippen MR) is 105 cm³/mol. The lowest BCUT2D eigenvalue weighted by Gasteiger charge is -2.29. The standard InChI is InChI=1S/C20H24N4OS/c1-3-12-26-20-22-19-17(23-24-20)15-6-4-5-7-16(15)21-18(25-19)14-10-8-13(2)9-11-14/h4-8,14,18,21H,3,9-12H2,1-2H3/t14-,18+/m1/s1. The summed E-state index contributed by atoms with van der Waals surface area (Å²) in [6, 6.07) is 8.17. The van der Waals surface area contributed by atoms with E-state index in [9.17, 15) is 0 Å². The molecule has 0 unspecified atom stereocenters. The predicted octanol–water partition coefficient (Wildman–Crippen LogP) is 4.92. The summed E-state index contributed by atoms with van der Waals surface area (Å²) in [5.41, 5.74) is 4.23. The molecule has 2 heterocycles. The number of para-hydroxylation sites is 1. The van der Waals surface area contributed by atoms with Crippen LogP contribution in [0.1, 0.15) is 39.5 Å². The number of ether oxygens (including phenoxy) is 1. The number of rotatable bonds is 4. The Labute approximate surface area is 158 Å². The van der Waals surface area contributed by atoms with Gasteiger partial charge in [0.2, 0.25) is 11.0 Å². The molecule has 5 nitrogen and oxygen atoms in total. The summed E-state index contributed by atoms with van der Waals surface area (Å²) in [7, 11) is 0. The Kier molecular flexibility index (Phi) is 5.11. The van der Waals surface area contributed by atoms with Gasteiger partial charge < -0.3 is 10.1 Å². The number of hydrogen-bond acceptors (Lipinski definition) is 6. The molecule has 1 aliphatic carbocycles. The highest BCUT2D eigenvalue weighted by Crippen LogP contribution is 2.39. The molecule has 136 valence electrons. The van der Waals surface area contributed by atoms with E-state index >= 15 is 0 Å². The second-order valence-corrected chi connectivity index (χ2v) is 7.97. The number of benzene rings is 1. The van der Waals surface area contributed by atoms with Crippen molar-refractivity contribution < 1.29 is 4.74 Å². The minimum atomic E-state index is -0.109. The fourth-order valence-corrected chi connectivity index (χ4v) is 4.03. The number of nitrogens with one attached hydrogen (secondary N) is 1. The highest BCUT2D eigenvalue weighted by molar-refractivity contribution is 7.99. The van der Waals surface area contributed by atoms with Gasteiger partial charge in [0.1, 0.15) is 0 Å². The molecule has 2 aromatic rings. The van der Waals surface area contributed by atoms with E-state index in [-0.39, 0.29) is 6.23 Å². The van der Waals surface area contributed by atoms with Crippen molar-refractivity contribution in [1.82, 2.24) is 15.2 Å². The van der Waals surface area contributed by atoms with Crippen LogP contribution in [-0.4, -0.2) is 27.2 Å². The fraction of sp³-hybridized carbons (Fsp3) is 0.450. The Bertz CT molecular complexity index is 823. The van der Waals surface area contributed by atoms with Gasteiger partial charge in [-0.3, -0.25) is 0 Å². The van der Waals surface area contributed by atoms with E-state index < -0.39 is 0 Å². The second-order valence-electron chi connectivity index (χ2n) is 6.91. The van der Waals surface area contributed by atoms with Gasteiger partial charge in [0.05, 0.1) is 0 Å². The lowest BCUT2D eigenvalue weighted by Crippen LogP contribution is -2.35. The molecule has 2 atom stereocenters. The van der Waals surface area contributed by atoms with Crippen LogP contribution in [0, 0.1) is 5.92 Å². The minimum absolute atomic E-state index is 0.109. The molecule has 4 rings (SSSR count). The first kappa shape index (κ1) is 17.3. The minimum Gasteiger partial charge on any atom is -0.452 e. The Hall–Kier alpha value is -2.08. The molecular weight excluding hydrogens is 344 g/mol. The molecule has 26 heavy (non-hydrogen) atoms. The van der Waals surface area contributed by atoms with E-state index in [0.29, 0.717) is 17.0 Å². The topological polar surface area (TPSA) is 59.9 Å². The van der Waals surface area contributed by atoms with Gasteiger partial charge in [0.25, 0.3) is 0 Å². The third-order valence-corrected chi connectivity index (χ3v) is 5.94. The van der Waals surface area contributed by atoms with Gasteiger partial charge in [-0.05, 0) is 38.7 Å². The van der Waals surface area contributed by atoms with Crippen LogP contribution in [0.4, 0.5) is 5.69 Å². The molecule has 2 aliphatic rings. The Morgan fingerprint density at radius 2 is 2.15 bits per heavy atom. The van der Waals surface area contributed by atoms with Crippen molar-refractivity contribution in [3.8, 4) is 17.1 Å². The van der Waals surface area contributed by atoms with Crippen LogP contribution < -0.4 is 10.1 Å². The van der Waals surface area contributed by atoms with Crippen molar-refractivity contribution in [2.75, 3.05) is 11.1 Å². The highest BCUT2D eigenvalue weighted by atomic mass is 32.2. The third-order valence-electron chi connectivity index (χ3n) is 4.90. The molecule has 0 amide bonds. The maximum Gasteiger partial charge on any atom is 0.247 e. The van der Waals surface area contributed by atoms with Gasteiger partial charge in [-0.25, -0.2) is 0 Å². The average molecular weight is 369 g/mol. The summed E-state index contributed by atoms with van der Waals surface area (Å²) >= 11 is 1.62. The Morgan fingerprint density at radius 1 is 1.27 bits per heavy atom. The summed E-state index contributed by atoms with van der Waals surface area (Å²) < 4.78 is 6.37. The van der Waals surface area contributed by atoms with Crippen LogP contribution in [0.2, 0.25) is 0 Å². The summed E-state index contributed by atoms with van der Waals surface area (Å²) in [5, 5.41) is 13.0. The number of anilines is 1. The Balaban J connectivity index is 1.70. The van der Waals surface area contributed by atoms with E-state index in [4.69, 9.17) is 4.74 Å². The van der Waals surface area contributed by atoms with Crippen LogP contribution >= 0.6 is 11.8 Å². The van der Waals surface area contributed by atoms with E-state index in [1.807, 2.05) is 18.2 Å². The second kappa shape index (κ2) is 7.66. The van der Waals surface area contributed by atoms with E-state index in [0.717, 1.165) is 48.4 Å². The third kappa shape index (κ3) is 3.56. The maximum absolute atomic E-state index is 6.37. The SMILES string of the molecule is CCCSc1nnc2c(n1)O[C@@H]([C@@H]1CC=C(C)CC1)Nc1ccccc1-2. The zero-order valence-electron chi connectivity index (χ0n) is 15.2. The maximum atomic E-state index is 6.37. The molecule has 6 heteroatoms. The number of thioether (sulfide) groups is 1. The molecule has 0 radical (unpaired) electrons. The molecule has 0 spiro atoms. The lowest BCUT2D eigenvalue weighted by molar-refractivity contribution is 0.145. The molecule has 1 aromatic carbocycles. The van der Waals surface area contributed by atoms with Gasteiger partial charge in [-0.15, -0.1) is 10.2 Å². The van der Waals surface area contributed by atoms with Gasteiger partial charge in [-0.1, -0.05) is 48.5 Å². The van der Waals surface area contributed by atoms with Crippen molar-refractivity contribution in [2.24, 2.45) is 5.92 Å². The van der Waals surface area contributed by atoms with Crippen molar-refractivity contribution >= 4 is 17.4 Å². The zero-order chi connectivity index (χ0) is 17.9. The zero-order valence-corrected chi connectivity index (χ0v) is 16.1. The lowest BCUT2D eigenvalue weighted by atomic mass is 9.89. The smallest absolute Gasteiger partial charge is 0.247 e. The number of aromatic nitrogens is 3. The molecule has 0 saturated carbocycles. The summed E-state index contributed by atoms with van der Waals surface area (Å²) in [4.78, 5) is 4.68. The molecule has 1 N–H and O–H groups in total. The van der Waals surface area contributed by atoms with Crippen LogP contribution in [-0.2, 0) is 0 Å². The number of allylic oxidation sites excluding steroid dienone is 2. The molecule has 1 aliphatic heterocycles. The Morgan fingerprint density at radius 3 is 2.96 bits per heavy atom. The van der Waals surface area contributed by atoms with Gasteiger partial charge in [0, 0.05) is 22.9 Å². The van der Waals surface area contributed by atoms with Gasteiger partial charge in [-0.2, -0.15) is 4.98 Å². The quantitative estimate of drug-likeness (QED) is 0.611. The summed E-state index contributed by atoms with van der Waals surface area (Å²) in [5.74, 6) is 1.98. The van der Waals surface area contributed by atoms with Crippen molar-refractivity contribution in [3.63, 3.8) is 0 Å². The van der Waals surface area contributed by atoms with Crippen molar-refractivity contribution in [3.05, 3.63) is 35.9 Å². The van der Waals surface area contributed by atoms with E-state index in [2.05, 4.69) is 46.5 Å². The first-order valence-corrected chi connectivity index (χ1v) is 10.3. The van der Waals surface area contributed by atoms with Crippen LogP contribution in [0.5, 0.6) is 5.88 Å². The van der Waals surface area contributed by atoms with Crippen LogP contribution in [0.25, 0.3) is 11.3 Å². The molecule has 0 fully saturated rings. The first-order chi connectivity index (χ1) is 12.7. The molecular formula is C20H24N4OS. The van der Waals surface area contributed by atoms with E-state index in [1.165, 1.54) is 5.57 Å². The average Bonchev–Trinajstić information content (AvgIpc) is 2.83. The van der Waals surface area contributed by atoms with Gasteiger partial charge in [0.15, 0.2) is 11.9 Å². The number of nitrogens with zero attached hydrogens (tertiary/aromatic N) is 3. The van der Waals surface area contributed by atoms with E-state index in [1.54, 1.807) is 11.8 Å². The highest BCUT2D eigenvalue weighted by Gasteiger charge is 2.30. The number of hydrogen-bond donors (Lipinski definition) is 1. The molecule has 0 saturated heterocycles. The molecule has 0 bridgehead atoms. The van der Waals surface area contributed by atoms with Crippen molar-refractivity contribution in [1.29, 1.82) is 0 Å². The summed E-state index contributed by atoms with van der Waals surface area (Å²) in [6.07, 6.45) is 6.57. The number of fused-ring (bicyclic) bond motifs is 3. The van der Waals surface area contributed by atoms with Crippen molar-refractivity contribution in [2.45, 2.75) is 50.9 Å². The first-order valence-electron chi connectivity index (χ1n) is 9.30. The largest absolute Gasteiger partial charge is 0.452 e. The monoisotopic (exact) mass is 368 g/mol. The van der Waals surface area contributed by atoms with Crippen LogP contribution in [0.3, 0.4) is 0 Å². The van der Waals surface area contributed by atoms with Gasteiger partial charge >= 0.3 is 0 Å².